The Morgan fingerprint density at radius 1 is 0.923 bits per heavy atom. The van der Waals surface area contributed by atoms with Gasteiger partial charge in [-0.05, 0) is 69.3 Å². The summed E-state index contributed by atoms with van der Waals surface area (Å²) in [5.74, 6) is 0.784. The normalized spacial score (nSPS) is 31.5. The third-order valence-electron chi connectivity index (χ3n) is 6.54. The minimum Gasteiger partial charge on any atom is -0.327 e. The molecule has 1 aliphatic carbocycles. The van der Waals surface area contributed by atoms with Gasteiger partial charge in [-0.1, -0.05) is 48.5 Å². The number of piperidine rings is 1. The Bertz CT molecular complexity index is 756. The second kappa shape index (κ2) is 6.94. The van der Waals surface area contributed by atoms with Crippen LogP contribution in [0.3, 0.4) is 0 Å². The van der Waals surface area contributed by atoms with E-state index in [0.29, 0.717) is 5.37 Å². The molecule has 2 unspecified atom stereocenters. The summed E-state index contributed by atoms with van der Waals surface area (Å²) in [4.78, 5) is 6.84. The zero-order chi connectivity index (χ0) is 17.5. The van der Waals surface area contributed by atoms with Crippen LogP contribution in [0.2, 0.25) is 0 Å². The first-order valence-corrected chi connectivity index (χ1v) is 11.0. The summed E-state index contributed by atoms with van der Waals surface area (Å²) in [6.07, 6.45) is 6.92. The van der Waals surface area contributed by atoms with Gasteiger partial charge in [0.2, 0.25) is 0 Å². The zero-order valence-corrected chi connectivity index (χ0v) is 16.4. The highest BCUT2D eigenvalue weighted by molar-refractivity contribution is 8.00. The molecule has 2 aromatic carbocycles. The summed E-state index contributed by atoms with van der Waals surface area (Å²) in [6, 6.07) is 21.5. The largest absolute Gasteiger partial charge is 0.327 e. The predicted octanol–water partition coefficient (Wildman–Crippen LogP) is 5.91. The number of thioether (sulfide) groups is 1. The molecule has 0 bridgehead atoms. The van der Waals surface area contributed by atoms with E-state index in [1.54, 1.807) is 0 Å². The van der Waals surface area contributed by atoms with E-state index in [0.717, 1.165) is 18.0 Å². The summed E-state index contributed by atoms with van der Waals surface area (Å²) >= 11 is 2.08. The Labute approximate surface area is 161 Å². The number of rotatable bonds is 3. The van der Waals surface area contributed by atoms with Gasteiger partial charge in [-0.2, -0.15) is 0 Å². The van der Waals surface area contributed by atoms with Crippen LogP contribution in [0.5, 0.6) is 0 Å². The van der Waals surface area contributed by atoms with Gasteiger partial charge in [0.05, 0.1) is 11.1 Å². The first kappa shape index (κ1) is 16.7. The molecule has 0 aromatic heterocycles. The first-order chi connectivity index (χ1) is 12.8. The molecule has 2 nitrogen and oxygen atoms in total. The quantitative estimate of drug-likeness (QED) is 0.668. The third kappa shape index (κ3) is 2.86. The Hall–Kier alpha value is -1.45. The molecule has 136 valence electrons. The van der Waals surface area contributed by atoms with Gasteiger partial charge < -0.3 is 4.90 Å². The van der Waals surface area contributed by atoms with Gasteiger partial charge in [-0.25, -0.2) is 0 Å². The van der Waals surface area contributed by atoms with Crippen molar-refractivity contribution >= 4 is 23.1 Å². The second-order valence-electron chi connectivity index (χ2n) is 8.15. The Morgan fingerprint density at radius 3 is 2.50 bits per heavy atom. The molecule has 3 aliphatic rings. The maximum Gasteiger partial charge on any atom is 0.0876 e. The minimum absolute atomic E-state index is 0.547. The van der Waals surface area contributed by atoms with Gasteiger partial charge in [0.1, 0.15) is 0 Å². The van der Waals surface area contributed by atoms with E-state index in [4.69, 9.17) is 0 Å². The number of benzene rings is 2. The summed E-state index contributed by atoms with van der Waals surface area (Å²) in [5, 5.41) is 0.547. The minimum atomic E-state index is 0.547. The lowest BCUT2D eigenvalue weighted by Crippen LogP contribution is -2.54. The zero-order valence-electron chi connectivity index (χ0n) is 15.6. The summed E-state index contributed by atoms with van der Waals surface area (Å²) in [5.41, 5.74) is 2.73. The van der Waals surface area contributed by atoms with E-state index in [-0.39, 0.29) is 0 Å². The van der Waals surface area contributed by atoms with Crippen molar-refractivity contribution in [1.82, 2.24) is 4.90 Å². The SMILES string of the molecule is CC1CCCCN1C1CC(C2Sc3ccccc3N2c2ccccc2)C1. The van der Waals surface area contributed by atoms with Gasteiger partial charge in [0.25, 0.3) is 0 Å². The molecular weight excluding hydrogens is 336 g/mol. The molecule has 5 rings (SSSR count). The second-order valence-corrected chi connectivity index (χ2v) is 9.31. The highest BCUT2D eigenvalue weighted by atomic mass is 32.2. The molecule has 26 heavy (non-hydrogen) atoms. The fraction of sp³-hybridized carbons (Fsp3) is 0.478. The number of likely N-dealkylation sites (tertiary alicyclic amines) is 1. The van der Waals surface area contributed by atoms with Crippen LogP contribution in [0.15, 0.2) is 59.5 Å². The van der Waals surface area contributed by atoms with E-state index in [2.05, 4.69) is 83.1 Å². The number of anilines is 2. The van der Waals surface area contributed by atoms with Gasteiger partial charge in [0.15, 0.2) is 0 Å². The van der Waals surface area contributed by atoms with Crippen molar-refractivity contribution in [3.8, 4) is 0 Å². The molecule has 3 heteroatoms. The molecule has 0 N–H and O–H groups in total. The Balaban J connectivity index is 1.36. The van der Waals surface area contributed by atoms with E-state index in [1.807, 2.05) is 0 Å². The van der Waals surface area contributed by atoms with E-state index < -0.39 is 0 Å². The Kier molecular flexibility index (Phi) is 4.46. The lowest BCUT2D eigenvalue weighted by molar-refractivity contribution is 0.0273. The molecular formula is C23H28N2S. The molecule has 1 saturated heterocycles. The van der Waals surface area contributed by atoms with Gasteiger partial charge in [0, 0.05) is 22.7 Å². The predicted molar refractivity (Wildman–Crippen MR) is 111 cm³/mol. The number of hydrogen-bond donors (Lipinski definition) is 0. The summed E-state index contributed by atoms with van der Waals surface area (Å²) < 4.78 is 0. The fourth-order valence-corrected chi connectivity index (χ4v) is 6.51. The van der Waals surface area contributed by atoms with Gasteiger partial charge in [-0.15, -0.1) is 0 Å². The molecule has 1 saturated carbocycles. The Morgan fingerprint density at radius 2 is 1.69 bits per heavy atom. The lowest BCUT2D eigenvalue weighted by atomic mass is 9.77. The average molecular weight is 365 g/mol. The van der Waals surface area contributed by atoms with Gasteiger partial charge in [-0.3, -0.25) is 4.90 Å². The van der Waals surface area contributed by atoms with Crippen LogP contribution in [0.4, 0.5) is 11.4 Å². The molecule has 2 aromatic rings. The molecule has 2 aliphatic heterocycles. The topological polar surface area (TPSA) is 6.48 Å². The highest BCUT2D eigenvalue weighted by Crippen LogP contribution is 2.54. The van der Waals surface area contributed by atoms with Crippen molar-refractivity contribution in [3.05, 3.63) is 54.6 Å². The first-order valence-electron chi connectivity index (χ1n) is 10.2. The maximum atomic E-state index is 2.81. The third-order valence-corrected chi connectivity index (χ3v) is 7.97. The van der Waals surface area contributed by atoms with Crippen LogP contribution in [0, 0.1) is 5.92 Å². The number of nitrogens with zero attached hydrogens (tertiary/aromatic N) is 2. The maximum absolute atomic E-state index is 2.81. The van der Waals surface area contributed by atoms with Crippen LogP contribution in [0.1, 0.15) is 39.0 Å². The standard InChI is InChI=1S/C23H28N2S/c1-17-9-7-8-14-24(17)20-15-18(16-20)23-25(19-10-3-2-4-11-19)21-12-5-6-13-22(21)26-23/h2-6,10-13,17-18,20,23H,7-9,14-16H2,1H3. The highest BCUT2D eigenvalue weighted by Gasteiger charge is 2.45. The average Bonchev–Trinajstić information content (AvgIpc) is 3.02. The van der Waals surface area contributed by atoms with Crippen molar-refractivity contribution in [2.45, 2.75) is 61.4 Å². The van der Waals surface area contributed by atoms with Crippen LogP contribution >= 0.6 is 11.8 Å². The van der Waals surface area contributed by atoms with Crippen molar-refractivity contribution in [3.63, 3.8) is 0 Å². The number of hydrogen-bond acceptors (Lipinski definition) is 3. The van der Waals surface area contributed by atoms with Crippen LogP contribution in [-0.4, -0.2) is 28.9 Å². The fourth-order valence-electron chi connectivity index (χ4n) is 5.05. The van der Waals surface area contributed by atoms with Crippen molar-refractivity contribution < 1.29 is 0 Å². The van der Waals surface area contributed by atoms with Crippen LogP contribution in [0.25, 0.3) is 0 Å². The van der Waals surface area contributed by atoms with Crippen molar-refractivity contribution in [1.29, 1.82) is 0 Å². The van der Waals surface area contributed by atoms with Crippen molar-refractivity contribution in [2.24, 2.45) is 5.92 Å². The van der Waals surface area contributed by atoms with E-state index in [9.17, 15) is 0 Å². The summed E-state index contributed by atoms with van der Waals surface area (Å²) in [6.45, 7) is 3.75. The molecule has 2 fully saturated rings. The molecule has 0 spiro atoms. The van der Waals surface area contributed by atoms with Gasteiger partial charge >= 0.3 is 0 Å². The lowest BCUT2D eigenvalue weighted by Gasteiger charge is -2.50. The number of para-hydroxylation sites is 2. The smallest absolute Gasteiger partial charge is 0.0876 e. The monoisotopic (exact) mass is 364 g/mol. The van der Waals surface area contributed by atoms with Crippen LogP contribution < -0.4 is 4.90 Å². The summed E-state index contributed by atoms with van der Waals surface area (Å²) in [7, 11) is 0. The molecule has 2 atom stereocenters. The number of fused-ring (bicyclic) bond motifs is 1. The van der Waals surface area contributed by atoms with Crippen LogP contribution in [-0.2, 0) is 0 Å². The van der Waals surface area contributed by atoms with Crippen molar-refractivity contribution in [2.75, 3.05) is 11.4 Å². The molecule has 0 radical (unpaired) electrons. The molecule has 2 heterocycles. The van der Waals surface area contributed by atoms with E-state index >= 15 is 0 Å². The molecule has 0 amide bonds. The van der Waals surface area contributed by atoms with E-state index in [1.165, 1.54) is 54.9 Å².